The number of hydrogen-bond donors (Lipinski definition) is 0. The van der Waals surface area contributed by atoms with E-state index in [1.54, 1.807) is 25.9 Å². The molecule has 0 saturated carbocycles. The summed E-state index contributed by atoms with van der Waals surface area (Å²) in [6.45, 7) is 4.95. The maximum Gasteiger partial charge on any atom is 0.272 e. The highest BCUT2D eigenvalue weighted by molar-refractivity contribution is 6.36. The summed E-state index contributed by atoms with van der Waals surface area (Å²) in [5.74, 6) is -0.140. The van der Waals surface area contributed by atoms with Crippen molar-refractivity contribution in [3.63, 3.8) is 0 Å². The number of aromatic nitrogens is 1. The molecule has 0 unspecified atom stereocenters. The lowest BCUT2D eigenvalue weighted by Crippen LogP contribution is -2.59. The molecule has 4 rings (SSSR count). The molecule has 23 heavy (non-hydrogen) atoms. The molecule has 122 valence electrons. The Hall–Kier alpha value is -1.64. The second-order valence-electron chi connectivity index (χ2n) is 6.39. The van der Waals surface area contributed by atoms with Crippen LogP contribution in [0.1, 0.15) is 42.6 Å². The van der Waals surface area contributed by atoms with Crippen LogP contribution in [0.25, 0.3) is 0 Å². The van der Waals surface area contributed by atoms with E-state index in [1.165, 1.54) is 0 Å². The molecule has 2 fully saturated rings. The van der Waals surface area contributed by atoms with Gasteiger partial charge in [0.2, 0.25) is 0 Å². The molecule has 0 N–H and O–H groups in total. The summed E-state index contributed by atoms with van der Waals surface area (Å²) in [6.07, 6.45) is 1.26. The lowest BCUT2D eigenvalue weighted by Gasteiger charge is -2.45. The van der Waals surface area contributed by atoms with E-state index in [9.17, 15) is 9.59 Å². The molecular formula is C15H19BN2O5. The van der Waals surface area contributed by atoms with Crippen LogP contribution >= 0.6 is 0 Å². The number of carbonyl (C=O) groups excluding carboxylic acids is 1. The first-order valence-electron chi connectivity index (χ1n) is 7.96. The molecule has 3 aliphatic rings. The van der Waals surface area contributed by atoms with Crippen LogP contribution < -0.4 is 10.9 Å². The zero-order valence-corrected chi connectivity index (χ0v) is 13.4. The molecular weight excluding hydrogens is 299 g/mol. The highest BCUT2D eigenvalue weighted by Crippen LogP contribution is 2.31. The number of fused-ring (bicyclic) bond motifs is 2. The molecule has 4 heterocycles. The predicted molar refractivity (Wildman–Crippen MR) is 83.2 cm³/mol. The zero-order chi connectivity index (χ0) is 16.3. The third-order valence-corrected chi connectivity index (χ3v) is 4.85. The average Bonchev–Trinajstić information content (AvgIpc) is 2.47. The molecule has 3 aliphatic heterocycles. The van der Waals surface area contributed by atoms with Gasteiger partial charge in [-0.15, -0.1) is 0 Å². The molecule has 1 aromatic rings. The van der Waals surface area contributed by atoms with Gasteiger partial charge in [0.1, 0.15) is 13.5 Å². The number of amides is 1. The Morgan fingerprint density at radius 3 is 2.70 bits per heavy atom. The summed E-state index contributed by atoms with van der Waals surface area (Å²) in [4.78, 5) is 27.2. The molecule has 0 bridgehead atoms. The third-order valence-electron chi connectivity index (χ3n) is 4.85. The van der Waals surface area contributed by atoms with Crippen molar-refractivity contribution in [2.24, 2.45) is 0 Å². The third kappa shape index (κ3) is 2.16. The summed E-state index contributed by atoms with van der Waals surface area (Å²) in [5.41, 5.74) is 1.13. The van der Waals surface area contributed by atoms with Crippen molar-refractivity contribution in [3.8, 4) is 0 Å². The van der Waals surface area contributed by atoms with Crippen molar-refractivity contribution >= 4 is 19.2 Å². The summed E-state index contributed by atoms with van der Waals surface area (Å²) in [7, 11) is 1.69. The van der Waals surface area contributed by atoms with Crippen molar-refractivity contribution in [3.05, 3.63) is 27.7 Å². The van der Waals surface area contributed by atoms with E-state index in [-0.39, 0.29) is 29.9 Å². The van der Waals surface area contributed by atoms with E-state index < -0.39 is 6.29 Å². The number of rotatable bonds is 1. The first kappa shape index (κ1) is 14.9. The van der Waals surface area contributed by atoms with Crippen molar-refractivity contribution in [1.82, 2.24) is 9.47 Å². The van der Waals surface area contributed by atoms with Crippen LogP contribution in [0.3, 0.4) is 0 Å². The lowest BCUT2D eigenvalue weighted by molar-refractivity contribution is -0.383. The average molecular weight is 318 g/mol. The summed E-state index contributed by atoms with van der Waals surface area (Å²) in [6, 6.07) is 0.114. The van der Waals surface area contributed by atoms with Crippen molar-refractivity contribution in [1.29, 1.82) is 0 Å². The van der Waals surface area contributed by atoms with Gasteiger partial charge in [0.25, 0.3) is 5.91 Å². The van der Waals surface area contributed by atoms with Gasteiger partial charge >= 0.3 is 0 Å². The molecule has 0 aliphatic carbocycles. The molecule has 0 aromatic carbocycles. The molecule has 1 amide bonds. The van der Waals surface area contributed by atoms with Gasteiger partial charge in [-0.3, -0.25) is 9.59 Å². The Balaban J connectivity index is 1.79. The van der Waals surface area contributed by atoms with Gasteiger partial charge in [0, 0.05) is 12.2 Å². The van der Waals surface area contributed by atoms with Crippen LogP contribution in [0.2, 0.25) is 0 Å². The van der Waals surface area contributed by atoms with Crippen LogP contribution in [-0.2, 0) is 20.8 Å². The smallest absolute Gasteiger partial charge is 0.272 e. The Morgan fingerprint density at radius 1 is 1.26 bits per heavy atom. The lowest BCUT2D eigenvalue weighted by atomic mass is 9.89. The summed E-state index contributed by atoms with van der Waals surface area (Å²) in [5, 5.41) is 0. The first-order chi connectivity index (χ1) is 11.0. The van der Waals surface area contributed by atoms with Crippen LogP contribution in [0.4, 0.5) is 0 Å². The number of hydrogen-bond acceptors (Lipinski definition) is 5. The quantitative estimate of drug-likeness (QED) is 0.627. The van der Waals surface area contributed by atoms with Crippen LogP contribution in [0, 0.1) is 0 Å². The van der Waals surface area contributed by atoms with Crippen molar-refractivity contribution in [2.75, 3.05) is 6.61 Å². The van der Waals surface area contributed by atoms with Crippen molar-refractivity contribution in [2.45, 2.75) is 51.7 Å². The van der Waals surface area contributed by atoms with E-state index in [1.807, 2.05) is 11.5 Å². The second kappa shape index (κ2) is 5.19. The van der Waals surface area contributed by atoms with Gasteiger partial charge in [0.05, 0.1) is 18.7 Å². The Labute approximate surface area is 134 Å². The highest BCUT2D eigenvalue weighted by Gasteiger charge is 2.41. The number of carbonyl (C=O) groups is 1. The predicted octanol–water partition coefficient (Wildman–Crippen LogP) is -0.911. The fraction of sp³-hybridized carbons (Fsp3) is 0.600. The maximum atomic E-state index is 12.9. The molecule has 8 heteroatoms. The van der Waals surface area contributed by atoms with E-state index in [2.05, 4.69) is 0 Å². The molecule has 2 atom stereocenters. The fourth-order valence-corrected chi connectivity index (χ4v) is 3.57. The number of ether oxygens (including phenoxy) is 3. The Kier molecular flexibility index (Phi) is 3.37. The van der Waals surface area contributed by atoms with E-state index >= 15 is 0 Å². The van der Waals surface area contributed by atoms with Gasteiger partial charge in [-0.1, -0.05) is 0 Å². The minimum atomic E-state index is -0.645. The SMILES string of the molecule is Bc1c2n(cc(C3OC(C)O3)c1=O)C[C@@H]1OCC[C@@H](C)N1C2=O. The zero-order valence-electron chi connectivity index (χ0n) is 13.4. The van der Waals surface area contributed by atoms with Crippen molar-refractivity contribution < 1.29 is 19.0 Å². The standard InChI is InChI=1S/C15H19BN2O5/c1-7-3-4-21-10-6-17-5-9(15-22-8(2)23-15)13(19)11(16)12(17)14(20)18(7)10/h5,7-8,10,15H,3-4,6,16H2,1-2H3/t7-,8?,10+,15?/m1/s1. The van der Waals surface area contributed by atoms with Gasteiger partial charge in [-0.2, -0.15) is 0 Å². The number of pyridine rings is 1. The van der Waals surface area contributed by atoms with Crippen LogP contribution in [0.15, 0.2) is 11.0 Å². The Bertz CT molecular complexity index is 727. The van der Waals surface area contributed by atoms with E-state index in [4.69, 9.17) is 14.2 Å². The van der Waals surface area contributed by atoms with Gasteiger partial charge < -0.3 is 23.7 Å². The monoisotopic (exact) mass is 318 g/mol. The molecule has 1 aromatic heterocycles. The first-order valence-corrected chi connectivity index (χ1v) is 7.96. The molecule has 7 nitrogen and oxygen atoms in total. The largest absolute Gasteiger partial charge is 0.356 e. The summed E-state index contributed by atoms with van der Waals surface area (Å²) < 4.78 is 18.4. The Morgan fingerprint density at radius 2 is 2.00 bits per heavy atom. The fourth-order valence-electron chi connectivity index (χ4n) is 3.57. The minimum Gasteiger partial charge on any atom is -0.356 e. The summed E-state index contributed by atoms with van der Waals surface area (Å²) >= 11 is 0. The maximum absolute atomic E-state index is 12.9. The molecule has 0 radical (unpaired) electrons. The van der Waals surface area contributed by atoms with Gasteiger partial charge in [-0.25, -0.2) is 0 Å². The van der Waals surface area contributed by atoms with Crippen LogP contribution in [-0.4, -0.2) is 48.4 Å². The van der Waals surface area contributed by atoms with E-state index in [0.717, 1.165) is 6.42 Å². The van der Waals surface area contributed by atoms with Gasteiger partial charge in [0.15, 0.2) is 24.2 Å². The van der Waals surface area contributed by atoms with E-state index in [0.29, 0.717) is 29.9 Å². The normalized spacial score (nSPS) is 33.0. The second-order valence-corrected chi connectivity index (χ2v) is 6.39. The molecule has 0 spiro atoms. The van der Waals surface area contributed by atoms with Gasteiger partial charge in [-0.05, 0) is 25.7 Å². The molecule has 2 saturated heterocycles. The number of nitrogens with zero attached hydrogens (tertiary/aromatic N) is 2. The van der Waals surface area contributed by atoms with Crippen LogP contribution in [0.5, 0.6) is 0 Å². The highest BCUT2D eigenvalue weighted by atomic mass is 16.9. The topological polar surface area (TPSA) is 70.0 Å². The minimum absolute atomic E-state index is 0.114.